The van der Waals surface area contributed by atoms with Crippen LogP contribution in [-0.4, -0.2) is 17.6 Å². The van der Waals surface area contributed by atoms with Crippen LogP contribution in [0.5, 0.6) is 0 Å². The quantitative estimate of drug-likeness (QED) is 0.559. The van der Waals surface area contributed by atoms with Gasteiger partial charge in [-0.1, -0.05) is 13.0 Å². The highest BCUT2D eigenvalue weighted by atomic mass is 16.5. The Bertz CT molecular complexity index is 344. The fraction of sp³-hybridized carbons (Fsp3) is 0.333. The Morgan fingerprint density at radius 2 is 2.33 bits per heavy atom. The zero-order valence-corrected chi connectivity index (χ0v) is 9.06. The van der Waals surface area contributed by atoms with Gasteiger partial charge in [0.25, 0.3) is 0 Å². The molecular weight excluding hydrogens is 190 g/mol. The summed E-state index contributed by atoms with van der Waals surface area (Å²) in [6, 6.07) is 3.74. The normalized spacial score (nSPS) is 11.2. The van der Waals surface area contributed by atoms with Gasteiger partial charge in [-0.2, -0.15) is 0 Å². The standard InChI is InChI=1S/C12H15NO2/c1-3-11(12(14)15-4-2)8-10-6-5-7-13-9-10/h5-9H,3-4H2,1-2H3. The molecule has 0 atom stereocenters. The molecule has 0 fully saturated rings. The number of aromatic nitrogens is 1. The van der Waals surface area contributed by atoms with Crippen LogP contribution < -0.4 is 0 Å². The number of carbonyl (C=O) groups excluding carboxylic acids is 1. The molecule has 1 aromatic rings. The van der Waals surface area contributed by atoms with E-state index in [9.17, 15) is 4.79 Å². The van der Waals surface area contributed by atoms with Crippen molar-refractivity contribution in [2.75, 3.05) is 6.61 Å². The molecule has 0 unspecified atom stereocenters. The summed E-state index contributed by atoms with van der Waals surface area (Å²) >= 11 is 0. The summed E-state index contributed by atoms with van der Waals surface area (Å²) in [6.07, 6.45) is 5.89. The molecule has 0 aliphatic heterocycles. The maximum absolute atomic E-state index is 11.5. The third-order valence-corrected chi connectivity index (χ3v) is 1.94. The zero-order chi connectivity index (χ0) is 11.1. The van der Waals surface area contributed by atoms with Gasteiger partial charge in [-0.05, 0) is 31.1 Å². The van der Waals surface area contributed by atoms with E-state index in [-0.39, 0.29) is 5.97 Å². The van der Waals surface area contributed by atoms with E-state index < -0.39 is 0 Å². The molecule has 0 radical (unpaired) electrons. The van der Waals surface area contributed by atoms with Crippen LogP contribution in [0.25, 0.3) is 6.08 Å². The van der Waals surface area contributed by atoms with E-state index in [4.69, 9.17) is 4.74 Å². The number of nitrogens with zero attached hydrogens (tertiary/aromatic N) is 1. The average molecular weight is 205 g/mol. The predicted octanol–water partition coefficient (Wildman–Crippen LogP) is 2.44. The highest BCUT2D eigenvalue weighted by molar-refractivity contribution is 5.93. The molecule has 1 heterocycles. The van der Waals surface area contributed by atoms with Crippen LogP contribution in [0.2, 0.25) is 0 Å². The second-order valence-electron chi connectivity index (χ2n) is 3.03. The average Bonchev–Trinajstić information content (AvgIpc) is 2.27. The first-order valence-corrected chi connectivity index (χ1v) is 5.05. The van der Waals surface area contributed by atoms with Gasteiger partial charge in [-0.25, -0.2) is 4.79 Å². The van der Waals surface area contributed by atoms with Gasteiger partial charge in [0, 0.05) is 18.0 Å². The SMILES string of the molecule is CCOC(=O)C(=Cc1cccnc1)CC. The van der Waals surface area contributed by atoms with Crippen molar-refractivity contribution in [3.05, 3.63) is 35.7 Å². The first-order chi connectivity index (χ1) is 7.27. The van der Waals surface area contributed by atoms with Crippen LogP contribution in [0, 0.1) is 0 Å². The van der Waals surface area contributed by atoms with E-state index in [2.05, 4.69) is 4.98 Å². The van der Waals surface area contributed by atoms with E-state index in [0.717, 1.165) is 5.56 Å². The summed E-state index contributed by atoms with van der Waals surface area (Å²) in [6.45, 7) is 4.14. The largest absolute Gasteiger partial charge is 0.463 e. The Balaban J connectivity index is 2.83. The van der Waals surface area contributed by atoms with E-state index in [0.29, 0.717) is 18.6 Å². The summed E-state index contributed by atoms with van der Waals surface area (Å²) in [7, 11) is 0. The number of ether oxygens (including phenoxy) is 1. The van der Waals surface area contributed by atoms with Crippen LogP contribution in [-0.2, 0) is 9.53 Å². The number of rotatable bonds is 4. The molecule has 0 spiro atoms. The van der Waals surface area contributed by atoms with Gasteiger partial charge in [-0.15, -0.1) is 0 Å². The second-order valence-corrected chi connectivity index (χ2v) is 3.03. The van der Waals surface area contributed by atoms with E-state index in [1.165, 1.54) is 0 Å². The van der Waals surface area contributed by atoms with Crippen molar-refractivity contribution in [3.63, 3.8) is 0 Å². The molecule has 0 amide bonds. The Hall–Kier alpha value is -1.64. The molecule has 0 aromatic carbocycles. The lowest BCUT2D eigenvalue weighted by Crippen LogP contribution is -2.06. The van der Waals surface area contributed by atoms with E-state index >= 15 is 0 Å². The topological polar surface area (TPSA) is 39.2 Å². The number of hydrogen-bond donors (Lipinski definition) is 0. The molecule has 0 aliphatic rings. The summed E-state index contributed by atoms with van der Waals surface area (Å²) in [5.41, 5.74) is 1.59. The van der Waals surface area contributed by atoms with Gasteiger partial charge in [0.05, 0.1) is 6.61 Å². The van der Waals surface area contributed by atoms with Crippen LogP contribution >= 0.6 is 0 Å². The molecule has 0 bridgehead atoms. The van der Waals surface area contributed by atoms with Crippen molar-refractivity contribution in [1.29, 1.82) is 0 Å². The summed E-state index contributed by atoms with van der Waals surface area (Å²) in [4.78, 5) is 15.4. The van der Waals surface area contributed by atoms with Crippen molar-refractivity contribution in [1.82, 2.24) is 4.98 Å². The fourth-order valence-electron chi connectivity index (χ4n) is 1.19. The van der Waals surface area contributed by atoms with E-state index in [1.807, 2.05) is 25.1 Å². The van der Waals surface area contributed by atoms with Crippen molar-refractivity contribution >= 4 is 12.0 Å². The molecule has 1 rings (SSSR count). The Labute approximate surface area is 89.8 Å². The molecule has 0 saturated heterocycles. The molecule has 3 nitrogen and oxygen atoms in total. The van der Waals surface area contributed by atoms with Gasteiger partial charge < -0.3 is 4.74 Å². The third kappa shape index (κ3) is 3.54. The minimum Gasteiger partial charge on any atom is -0.463 e. The number of pyridine rings is 1. The Kier molecular flexibility index (Phi) is 4.54. The maximum Gasteiger partial charge on any atom is 0.333 e. The van der Waals surface area contributed by atoms with Gasteiger partial charge >= 0.3 is 5.97 Å². The lowest BCUT2D eigenvalue weighted by Gasteiger charge is -2.03. The molecule has 1 aromatic heterocycles. The monoisotopic (exact) mass is 205 g/mol. The third-order valence-electron chi connectivity index (χ3n) is 1.94. The zero-order valence-electron chi connectivity index (χ0n) is 9.06. The summed E-state index contributed by atoms with van der Waals surface area (Å²) in [5.74, 6) is -0.246. The second kappa shape index (κ2) is 5.96. The van der Waals surface area contributed by atoms with Crippen LogP contribution in [0.4, 0.5) is 0 Å². The van der Waals surface area contributed by atoms with Crippen molar-refractivity contribution in [3.8, 4) is 0 Å². The number of carbonyl (C=O) groups is 1. The fourth-order valence-corrected chi connectivity index (χ4v) is 1.19. The molecule has 0 saturated carbocycles. The number of hydrogen-bond acceptors (Lipinski definition) is 3. The molecule has 0 N–H and O–H groups in total. The lowest BCUT2D eigenvalue weighted by molar-refractivity contribution is -0.138. The van der Waals surface area contributed by atoms with Crippen molar-refractivity contribution in [2.45, 2.75) is 20.3 Å². The van der Waals surface area contributed by atoms with Gasteiger partial charge in [0.2, 0.25) is 0 Å². The predicted molar refractivity (Wildman–Crippen MR) is 59.1 cm³/mol. The first-order valence-electron chi connectivity index (χ1n) is 5.05. The van der Waals surface area contributed by atoms with Gasteiger partial charge in [-0.3, -0.25) is 4.98 Å². The van der Waals surface area contributed by atoms with E-state index in [1.54, 1.807) is 19.3 Å². The van der Waals surface area contributed by atoms with Gasteiger partial charge in [0.15, 0.2) is 0 Å². The summed E-state index contributed by atoms with van der Waals surface area (Å²) < 4.78 is 4.94. The number of esters is 1. The van der Waals surface area contributed by atoms with Crippen LogP contribution in [0.1, 0.15) is 25.8 Å². The maximum atomic E-state index is 11.5. The highest BCUT2D eigenvalue weighted by Gasteiger charge is 2.07. The highest BCUT2D eigenvalue weighted by Crippen LogP contribution is 2.10. The summed E-state index contributed by atoms with van der Waals surface area (Å²) in [5, 5.41) is 0. The lowest BCUT2D eigenvalue weighted by atomic mass is 10.1. The molecule has 80 valence electrons. The molecular formula is C12H15NO2. The van der Waals surface area contributed by atoms with Crippen LogP contribution in [0.3, 0.4) is 0 Å². The molecule has 3 heteroatoms. The minimum absolute atomic E-state index is 0.246. The van der Waals surface area contributed by atoms with Crippen molar-refractivity contribution in [2.24, 2.45) is 0 Å². The smallest absolute Gasteiger partial charge is 0.333 e. The van der Waals surface area contributed by atoms with Gasteiger partial charge in [0.1, 0.15) is 0 Å². The Morgan fingerprint density at radius 3 is 2.87 bits per heavy atom. The van der Waals surface area contributed by atoms with Crippen LogP contribution in [0.15, 0.2) is 30.1 Å². The molecule has 15 heavy (non-hydrogen) atoms. The van der Waals surface area contributed by atoms with Crippen molar-refractivity contribution < 1.29 is 9.53 Å². The Morgan fingerprint density at radius 1 is 1.53 bits per heavy atom. The first kappa shape index (κ1) is 11.4. The minimum atomic E-state index is -0.246. The molecule has 0 aliphatic carbocycles.